The van der Waals surface area contributed by atoms with Crippen LogP contribution in [0.25, 0.3) is 0 Å². The Morgan fingerprint density at radius 3 is 2.39 bits per heavy atom. The number of carbonyl (C=O) groups excluding carboxylic acids is 1. The molecule has 0 aromatic heterocycles. The summed E-state index contributed by atoms with van der Waals surface area (Å²) in [6.07, 6.45) is 12.4. The molecular weight excluding hydrogens is 384 g/mol. The normalized spacial score (nSPS) is 47.0. The highest BCUT2D eigenvalue weighted by molar-refractivity contribution is 5.99. The summed E-state index contributed by atoms with van der Waals surface area (Å²) in [5.41, 5.74) is -0.275. The zero-order valence-corrected chi connectivity index (χ0v) is 20.5. The zero-order chi connectivity index (χ0) is 22.8. The Bertz CT molecular complexity index is 781. The number of ketones is 1. The summed E-state index contributed by atoms with van der Waals surface area (Å²) in [4.78, 5) is 13.3. The molecule has 3 fully saturated rings. The van der Waals surface area contributed by atoms with Crippen molar-refractivity contribution < 1.29 is 15.0 Å². The number of allylic oxidation sites excluding steroid dienone is 3. The highest BCUT2D eigenvalue weighted by atomic mass is 16.3. The van der Waals surface area contributed by atoms with E-state index in [2.05, 4.69) is 53.7 Å². The van der Waals surface area contributed by atoms with Gasteiger partial charge in [-0.05, 0) is 85.5 Å². The van der Waals surface area contributed by atoms with Crippen molar-refractivity contribution in [3.05, 3.63) is 23.8 Å². The SMILES string of the molecule is CC(C)C(C)C=C[C@@H](C)[C@H]1CC[C@H]2C3=CC(=O)C4(O)CC(O)CC[C@]4(C)[C@H]3CC[C@]12C. The predicted molar refractivity (Wildman–Crippen MR) is 125 cm³/mol. The van der Waals surface area contributed by atoms with Gasteiger partial charge in [0.15, 0.2) is 5.78 Å². The Balaban J connectivity index is 1.62. The minimum Gasteiger partial charge on any atom is -0.393 e. The first kappa shape index (κ1) is 23.2. The van der Waals surface area contributed by atoms with Crippen molar-refractivity contribution in [2.24, 2.45) is 46.3 Å². The first-order valence-corrected chi connectivity index (χ1v) is 12.8. The fourth-order valence-electron chi connectivity index (χ4n) is 7.96. The highest BCUT2D eigenvalue weighted by Crippen LogP contribution is 2.67. The van der Waals surface area contributed by atoms with Gasteiger partial charge in [-0.3, -0.25) is 4.79 Å². The molecule has 31 heavy (non-hydrogen) atoms. The van der Waals surface area contributed by atoms with Crippen molar-refractivity contribution in [1.82, 2.24) is 0 Å². The van der Waals surface area contributed by atoms with Crippen molar-refractivity contribution in [3.8, 4) is 0 Å². The van der Waals surface area contributed by atoms with Gasteiger partial charge in [-0.25, -0.2) is 0 Å². The minimum absolute atomic E-state index is 0.147. The van der Waals surface area contributed by atoms with Gasteiger partial charge in [0, 0.05) is 11.8 Å². The van der Waals surface area contributed by atoms with Gasteiger partial charge in [0.05, 0.1) is 6.10 Å². The molecule has 0 aromatic carbocycles. The lowest BCUT2D eigenvalue weighted by molar-refractivity contribution is -0.180. The lowest BCUT2D eigenvalue weighted by Gasteiger charge is -2.59. The van der Waals surface area contributed by atoms with Crippen LogP contribution in [-0.4, -0.2) is 27.7 Å². The monoisotopic (exact) mass is 428 g/mol. The number of hydrogen-bond donors (Lipinski definition) is 2. The van der Waals surface area contributed by atoms with Gasteiger partial charge in [-0.15, -0.1) is 0 Å². The van der Waals surface area contributed by atoms with Crippen LogP contribution in [-0.2, 0) is 4.79 Å². The van der Waals surface area contributed by atoms with E-state index in [0.29, 0.717) is 36.0 Å². The Kier molecular flexibility index (Phi) is 5.87. The molecule has 0 amide bonds. The number of hydrogen-bond acceptors (Lipinski definition) is 3. The van der Waals surface area contributed by atoms with E-state index in [1.807, 2.05) is 6.08 Å². The molecule has 3 saturated carbocycles. The van der Waals surface area contributed by atoms with Crippen molar-refractivity contribution in [3.63, 3.8) is 0 Å². The molecule has 0 bridgehead atoms. The second-order valence-electron chi connectivity index (χ2n) is 12.4. The van der Waals surface area contributed by atoms with Crippen LogP contribution in [0.3, 0.4) is 0 Å². The molecule has 4 rings (SSSR count). The Morgan fingerprint density at radius 1 is 1.00 bits per heavy atom. The van der Waals surface area contributed by atoms with E-state index >= 15 is 0 Å². The standard InChI is InChI=1S/C28H44O3/c1-17(2)18(3)7-8-19(4)22-9-10-23-21-15-25(30)28(31)16-20(29)11-14-27(28,6)24(21)12-13-26(22,23)5/h7-8,15,17-20,22-24,29,31H,9-14,16H2,1-6H3/t18?,19-,20?,22-,23+,24+,26-,27-,28?/m1/s1. The summed E-state index contributed by atoms with van der Waals surface area (Å²) >= 11 is 0. The van der Waals surface area contributed by atoms with E-state index in [-0.39, 0.29) is 23.5 Å². The van der Waals surface area contributed by atoms with E-state index in [0.717, 1.165) is 19.3 Å². The second kappa shape index (κ2) is 7.83. The van der Waals surface area contributed by atoms with E-state index in [9.17, 15) is 15.0 Å². The van der Waals surface area contributed by atoms with Crippen LogP contribution in [0.1, 0.15) is 86.5 Å². The quantitative estimate of drug-likeness (QED) is 0.564. The first-order valence-electron chi connectivity index (χ1n) is 12.8. The summed E-state index contributed by atoms with van der Waals surface area (Å²) in [6, 6.07) is 0. The summed E-state index contributed by atoms with van der Waals surface area (Å²) in [7, 11) is 0. The summed E-state index contributed by atoms with van der Waals surface area (Å²) in [6.45, 7) is 13.9. The largest absolute Gasteiger partial charge is 0.393 e. The topological polar surface area (TPSA) is 57.5 Å². The Labute approximate surface area is 189 Å². The molecular formula is C28H44O3. The van der Waals surface area contributed by atoms with Crippen LogP contribution in [0.15, 0.2) is 23.8 Å². The molecule has 3 heteroatoms. The van der Waals surface area contributed by atoms with Crippen molar-refractivity contribution in [2.45, 2.75) is 98.2 Å². The number of carbonyl (C=O) groups is 1. The molecule has 0 spiro atoms. The van der Waals surface area contributed by atoms with Gasteiger partial charge in [-0.2, -0.15) is 0 Å². The smallest absolute Gasteiger partial charge is 0.187 e. The molecule has 3 unspecified atom stereocenters. The molecule has 0 aliphatic heterocycles. The number of aliphatic hydroxyl groups is 2. The lowest BCUT2D eigenvalue weighted by Crippen LogP contribution is -2.64. The first-order chi connectivity index (χ1) is 14.4. The van der Waals surface area contributed by atoms with Gasteiger partial charge in [0.25, 0.3) is 0 Å². The van der Waals surface area contributed by atoms with Crippen molar-refractivity contribution in [1.29, 1.82) is 0 Å². The minimum atomic E-state index is -1.40. The van der Waals surface area contributed by atoms with E-state index in [4.69, 9.17) is 0 Å². The molecule has 0 saturated heterocycles. The average molecular weight is 429 g/mol. The molecule has 2 N–H and O–H groups in total. The van der Waals surface area contributed by atoms with Gasteiger partial charge >= 0.3 is 0 Å². The number of fused-ring (bicyclic) bond motifs is 5. The van der Waals surface area contributed by atoms with Crippen LogP contribution >= 0.6 is 0 Å². The predicted octanol–water partition coefficient (Wildman–Crippen LogP) is 5.70. The van der Waals surface area contributed by atoms with Crippen molar-refractivity contribution >= 4 is 5.78 Å². The van der Waals surface area contributed by atoms with Gasteiger partial charge in [-0.1, -0.05) is 59.3 Å². The van der Waals surface area contributed by atoms with Crippen LogP contribution < -0.4 is 0 Å². The van der Waals surface area contributed by atoms with Gasteiger partial charge in [0.2, 0.25) is 0 Å². The van der Waals surface area contributed by atoms with Gasteiger partial charge in [0.1, 0.15) is 5.60 Å². The molecule has 3 nitrogen and oxygen atoms in total. The molecule has 174 valence electrons. The molecule has 9 atom stereocenters. The van der Waals surface area contributed by atoms with E-state index in [1.165, 1.54) is 18.4 Å². The Hall–Kier alpha value is -0.930. The molecule has 4 aliphatic rings. The van der Waals surface area contributed by atoms with Crippen LogP contribution in [0.2, 0.25) is 0 Å². The van der Waals surface area contributed by atoms with E-state index < -0.39 is 17.1 Å². The third-order valence-electron chi connectivity index (χ3n) is 10.5. The molecule has 0 radical (unpaired) electrons. The lowest BCUT2D eigenvalue weighted by atomic mass is 9.46. The zero-order valence-electron chi connectivity index (χ0n) is 20.5. The van der Waals surface area contributed by atoms with Crippen molar-refractivity contribution in [2.75, 3.05) is 0 Å². The molecule has 0 aromatic rings. The fourth-order valence-corrected chi connectivity index (χ4v) is 7.96. The average Bonchev–Trinajstić information content (AvgIpc) is 3.05. The fraction of sp³-hybridized carbons (Fsp3) is 0.821. The maximum absolute atomic E-state index is 13.3. The van der Waals surface area contributed by atoms with Crippen LogP contribution in [0, 0.1) is 46.3 Å². The van der Waals surface area contributed by atoms with Gasteiger partial charge < -0.3 is 10.2 Å². The number of aliphatic hydroxyl groups excluding tert-OH is 1. The van der Waals surface area contributed by atoms with E-state index in [1.54, 1.807) is 0 Å². The van der Waals surface area contributed by atoms with Crippen LogP contribution in [0.5, 0.6) is 0 Å². The Morgan fingerprint density at radius 2 is 1.71 bits per heavy atom. The third-order valence-corrected chi connectivity index (χ3v) is 10.5. The summed E-state index contributed by atoms with van der Waals surface area (Å²) in [5, 5.41) is 21.7. The summed E-state index contributed by atoms with van der Waals surface area (Å²) in [5.74, 6) is 3.03. The molecule has 0 heterocycles. The molecule has 4 aliphatic carbocycles. The summed E-state index contributed by atoms with van der Waals surface area (Å²) < 4.78 is 0. The maximum Gasteiger partial charge on any atom is 0.187 e. The second-order valence-corrected chi connectivity index (χ2v) is 12.4. The maximum atomic E-state index is 13.3. The number of rotatable bonds is 4. The van der Waals surface area contributed by atoms with Crippen LogP contribution in [0.4, 0.5) is 0 Å². The third kappa shape index (κ3) is 3.41. The highest BCUT2D eigenvalue weighted by Gasteiger charge is 2.65.